The molecule has 1 heterocycles. The molecule has 1 aliphatic heterocycles. The van der Waals surface area contributed by atoms with Crippen molar-refractivity contribution in [3.05, 3.63) is 0 Å². The van der Waals surface area contributed by atoms with E-state index in [0.29, 0.717) is 5.92 Å². The van der Waals surface area contributed by atoms with Crippen LogP contribution in [0.25, 0.3) is 0 Å². The van der Waals surface area contributed by atoms with Crippen LogP contribution in [0.3, 0.4) is 0 Å². The first-order valence-corrected chi connectivity index (χ1v) is 4.79. The summed E-state index contributed by atoms with van der Waals surface area (Å²) in [5.74, 6) is 0.340. The summed E-state index contributed by atoms with van der Waals surface area (Å²) in [6, 6.07) is 0. The second-order valence-electron chi connectivity index (χ2n) is 3.75. The number of oxime groups is 1. The van der Waals surface area contributed by atoms with Crippen molar-refractivity contribution in [2.45, 2.75) is 19.8 Å². The van der Waals surface area contributed by atoms with Crippen molar-refractivity contribution in [3.63, 3.8) is 0 Å². The van der Waals surface area contributed by atoms with Gasteiger partial charge < -0.3 is 15.2 Å². The lowest BCUT2D eigenvalue weighted by atomic mass is 10.1. The number of hydrogen-bond acceptors (Lipinski definition) is 4. The minimum Gasteiger partial charge on any atom is -0.411 e. The topological polar surface area (TPSA) is 56.1 Å². The Labute approximate surface area is 78.9 Å². The van der Waals surface area contributed by atoms with Crippen LogP contribution in [0.15, 0.2) is 5.16 Å². The normalized spacial score (nSPS) is 21.5. The van der Waals surface area contributed by atoms with Crippen molar-refractivity contribution in [1.29, 1.82) is 0 Å². The van der Waals surface area contributed by atoms with Crippen LogP contribution in [0, 0.1) is 5.92 Å². The van der Waals surface area contributed by atoms with Gasteiger partial charge in [0.05, 0.1) is 5.71 Å². The summed E-state index contributed by atoms with van der Waals surface area (Å²) < 4.78 is 0. The van der Waals surface area contributed by atoms with Crippen LogP contribution in [0.2, 0.25) is 0 Å². The molecule has 13 heavy (non-hydrogen) atoms. The molecule has 0 aliphatic carbocycles. The van der Waals surface area contributed by atoms with Gasteiger partial charge in [-0.15, -0.1) is 0 Å². The molecule has 4 heteroatoms. The van der Waals surface area contributed by atoms with E-state index in [1.807, 2.05) is 6.92 Å². The van der Waals surface area contributed by atoms with E-state index in [2.05, 4.69) is 10.1 Å². The number of aliphatic hydroxyl groups is 1. The largest absolute Gasteiger partial charge is 0.411 e. The Morgan fingerprint density at radius 2 is 2.08 bits per heavy atom. The van der Waals surface area contributed by atoms with E-state index >= 15 is 0 Å². The fraction of sp³-hybridized carbons (Fsp3) is 0.889. The van der Waals surface area contributed by atoms with Gasteiger partial charge in [0.1, 0.15) is 0 Å². The van der Waals surface area contributed by atoms with Crippen LogP contribution >= 0.6 is 0 Å². The van der Waals surface area contributed by atoms with Gasteiger partial charge >= 0.3 is 0 Å². The molecule has 1 unspecified atom stereocenters. The minimum atomic E-state index is 0.247. The smallest absolute Gasteiger partial charge is 0.0596 e. The zero-order valence-corrected chi connectivity index (χ0v) is 8.11. The maximum Gasteiger partial charge on any atom is 0.0596 e. The molecule has 1 saturated heterocycles. The third kappa shape index (κ3) is 3.32. The van der Waals surface area contributed by atoms with E-state index in [0.717, 1.165) is 38.2 Å². The summed E-state index contributed by atoms with van der Waals surface area (Å²) in [6.07, 6.45) is 1.71. The van der Waals surface area contributed by atoms with E-state index in [4.69, 9.17) is 10.3 Å². The minimum absolute atomic E-state index is 0.247. The molecule has 0 radical (unpaired) electrons. The Bertz CT molecular complexity index is 172. The molecule has 0 saturated carbocycles. The molecular weight excluding hydrogens is 168 g/mol. The third-order valence-corrected chi connectivity index (χ3v) is 2.46. The second-order valence-corrected chi connectivity index (χ2v) is 3.75. The highest BCUT2D eigenvalue weighted by atomic mass is 16.4. The monoisotopic (exact) mass is 186 g/mol. The molecule has 0 amide bonds. The highest BCUT2D eigenvalue weighted by Crippen LogP contribution is 2.09. The summed E-state index contributed by atoms with van der Waals surface area (Å²) in [7, 11) is 0. The molecule has 1 rings (SSSR count). The molecule has 76 valence electrons. The zero-order valence-electron chi connectivity index (χ0n) is 8.11. The van der Waals surface area contributed by atoms with Gasteiger partial charge in [-0.1, -0.05) is 12.1 Å². The van der Waals surface area contributed by atoms with Crippen molar-refractivity contribution in [2.75, 3.05) is 26.2 Å². The molecule has 2 N–H and O–H groups in total. The molecule has 4 nitrogen and oxygen atoms in total. The Balaban J connectivity index is 2.25. The maximum atomic E-state index is 8.87. The van der Waals surface area contributed by atoms with Gasteiger partial charge in [-0.05, 0) is 5.92 Å². The van der Waals surface area contributed by atoms with Crippen molar-refractivity contribution in [2.24, 2.45) is 11.1 Å². The van der Waals surface area contributed by atoms with Gasteiger partial charge in [-0.3, -0.25) is 0 Å². The second kappa shape index (κ2) is 5.19. The first-order chi connectivity index (χ1) is 6.26. The van der Waals surface area contributed by atoms with Crippen LogP contribution in [0.1, 0.15) is 19.8 Å². The fourth-order valence-electron chi connectivity index (χ4n) is 1.59. The van der Waals surface area contributed by atoms with E-state index in [-0.39, 0.29) is 6.61 Å². The molecular formula is C9H18N2O2. The molecule has 1 atom stereocenters. The predicted octanol–water partition coefficient (Wildman–Crippen LogP) is 0.541. The standard InChI is InChI=1S/C9H18N2O2/c1-8(7-12)6-11-4-2-9(10-13)3-5-11/h8,12-13H,2-7H2,1H3. The Hall–Kier alpha value is -0.610. The number of aliphatic hydroxyl groups excluding tert-OH is 1. The highest BCUT2D eigenvalue weighted by molar-refractivity contribution is 5.84. The molecule has 0 aromatic heterocycles. The molecule has 0 aromatic rings. The summed E-state index contributed by atoms with van der Waals surface area (Å²) in [5, 5.41) is 20.6. The van der Waals surface area contributed by atoms with Crippen molar-refractivity contribution in [1.82, 2.24) is 4.90 Å². The quantitative estimate of drug-likeness (QED) is 0.499. The predicted molar refractivity (Wildman–Crippen MR) is 51.1 cm³/mol. The third-order valence-electron chi connectivity index (χ3n) is 2.46. The van der Waals surface area contributed by atoms with Crippen molar-refractivity contribution < 1.29 is 10.3 Å². The number of nitrogens with zero attached hydrogens (tertiary/aromatic N) is 2. The van der Waals surface area contributed by atoms with Crippen molar-refractivity contribution in [3.8, 4) is 0 Å². The lowest BCUT2D eigenvalue weighted by Gasteiger charge is -2.28. The van der Waals surface area contributed by atoms with Crippen molar-refractivity contribution >= 4 is 5.71 Å². The highest BCUT2D eigenvalue weighted by Gasteiger charge is 2.16. The molecule has 0 aromatic carbocycles. The van der Waals surface area contributed by atoms with Gasteiger partial charge in [0.15, 0.2) is 0 Å². The maximum absolute atomic E-state index is 8.87. The summed E-state index contributed by atoms with van der Waals surface area (Å²) >= 11 is 0. The Kier molecular flexibility index (Phi) is 4.18. The average Bonchev–Trinajstić information content (AvgIpc) is 2.19. The number of rotatable bonds is 3. The van der Waals surface area contributed by atoms with Gasteiger partial charge in [-0.25, -0.2) is 0 Å². The fourth-order valence-corrected chi connectivity index (χ4v) is 1.59. The zero-order chi connectivity index (χ0) is 9.68. The van der Waals surface area contributed by atoms with Gasteiger partial charge in [0, 0.05) is 39.1 Å². The molecule has 0 bridgehead atoms. The summed E-state index contributed by atoms with van der Waals surface area (Å²) in [5.41, 5.74) is 0.896. The van der Waals surface area contributed by atoms with Gasteiger partial charge in [0.25, 0.3) is 0 Å². The summed E-state index contributed by atoms with van der Waals surface area (Å²) in [6.45, 7) is 5.12. The first kappa shape index (κ1) is 10.5. The first-order valence-electron chi connectivity index (χ1n) is 4.79. The van der Waals surface area contributed by atoms with E-state index < -0.39 is 0 Å². The Morgan fingerprint density at radius 3 is 2.54 bits per heavy atom. The lowest BCUT2D eigenvalue weighted by molar-refractivity contribution is 0.171. The van der Waals surface area contributed by atoms with Gasteiger partial charge in [-0.2, -0.15) is 0 Å². The summed E-state index contributed by atoms with van der Waals surface area (Å²) in [4.78, 5) is 2.30. The number of hydrogen-bond donors (Lipinski definition) is 2. The number of likely N-dealkylation sites (tertiary alicyclic amines) is 1. The van der Waals surface area contributed by atoms with Crippen LogP contribution in [0.4, 0.5) is 0 Å². The van der Waals surface area contributed by atoms with Crippen LogP contribution in [0.5, 0.6) is 0 Å². The van der Waals surface area contributed by atoms with Gasteiger partial charge in [0.2, 0.25) is 0 Å². The van der Waals surface area contributed by atoms with E-state index in [1.165, 1.54) is 0 Å². The van der Waals surface area contributed by atoms with E-state index in [9.17, 15) is 0 Å². The molecule has 1 fully saturated rings. The Morgan fingerprint density at radius 1 is 1.46 bits per heavy atom. The molecule has 1 aliphatic rings. The van der Waals surface area contributed by atoms with Crippen LogP contribution < -0.4 is 0 Å². The SMILES string of the molecule is CC(CO)CN1CCC(=NO)CC1. The average molecular weight is 186 g/mol. The van der Waals surface area contributed by atoms with Crippen LogP contribution in [-0.2, 0) is 0 Å². The van der Waals surface area contributed by atoms with Crippen LogP contribution in [-0.4, -0.2) is 47.2 Å². The number of piperidine rings is 1. The molecule has 0 spiro atoms. The lowest BCUT2D eigenvalue weighted by Crippen LogP contribution is -2.37. The van der Waals surface area contributed by atoms with E-state index in [1.54, 1.807) is 0 Å².